The minimum absolute atomic E-state index is 0.134. The predicted molar refractivity (Wildman–Crippen MR) is 303 cm³/mol. The maximum absolute atomic E-state index is 12.8. The number of hydrogen-bond donors (Lipinski definition) is 1. The fourth-order valence-electron chi connectivity index (χ4n) is 11.5. The summed E-state index contributed by atoms with van der Waals surface area (Å²) >= 11 is 0. The zero-order valence-corrected chi connectivity index (χ0v) is 48.9. The maximum Gasteiger partial charge on any atom is 0.305 e. The number of aliphatic hydroxyl groups is 1. The Kier molecular flexibility index (Phi) is 37.6. The molecule has 434 valence electrons. The first-order valence-electron chi connectivity index (χ1n) is 32.5. The smallest absolute Gasteiger partial charge is 0.305 e. The van der Waals surface area contributed by atoms with Gasteiger partial charge in [0.25, 0.3) is 0 Å². The molecule has 0 amide bonds. The molecule has 1 N–H and O–H groups in total. The molecule has 0 aromatic heterocycles. The Labute approximate surface area is 455 Å². The van der Waals surface area contributed by atoms with Crippen molar-refractivity contribution in [1.29, 1.82) is 0 Å². The molecule has 0 saturated heterocycles. The van der Waals surface area contributed by atoms with E-state index in [0.29, 0.717) is 62.6 Å². The van der Waals surface area contributed by atoms with Gasteiger partial charge in [-0.1, -0.05) is 182 Å². The third-order valence-electron chi connectivity index (χ3n) is 17.3. The lowest BCUT2D eigenvalue weighted by molar-refractivity contribution is -0.162. The minimum atomic E-state index is -0.311. The molecular formula is C64H119NO9. The highest BCUT2D eigenvalue weighted by Gasteiger charge is 2.40. The second kappa shape index (κ2) is 42.6. The van der Waals surface area contributed by atoms with E-state index in [4.69, 9.17) is 28.4 Å². The van der Waals surface area contributed by atoms with Crippen LogP contribution in [-0.4, -0.2) is 100 Å². The Morgan fingerprint density at radius 1 is 0.392 bits per heavy atom. The van der Waals surface area contributed by atoms with E-state index in [1.165, 1.54) is 154 Å². The highest BCUT2D eigenvalue weighted by Crippen LogP contribution is 2.46. The molecule has 0 aliphatic heterocycles. The average Bonchev–Trinajstić information content (AvgIpc) is 4.22. The van der Waals surface area contributed by atoms with Gasteiger partial charge >= 0.3 is 11.9 Å². The molecule has 0 bridgehead atoms. The molecule has 4 aliphatic carbocycles. The van der Waals surface area contributed by atoms with Gasteiger partial charge in [0, 0.05) is 19.4 Å². The van der Waals surface area contributed by atoms with Crippen molar-refractivity contribution in [1.82, 2.24) is 4.90 Å². The van der Waals surface area contributed by atoms with Crippen molar-refractivity contribution in [2.24, 2.45) is 47.3 Å². The van der Waals surface area contributed by atoms with Crippen LogP contribution in [0.3, 0.4) is 0 Å². The topological polar surface area (TPSA) is 113 Å². The molecule has 10 nitrogen and oxygen atoms in total. The third kappa shape index (κ3) is 33.2. The van der Waals surface area contributed by atoms with E-state index in [2.05, 4.69) is 32.6 Å². The number of esters is 2. The summed E-state index contributed by atoms with van der Waals surface area (Å²) in [7, 11) is 0. The zero-order valence-electron chi connectivity index (χ0n) is 48.9. The fraction of sp³-hybridized carbons (Fsp3) is 0.969. The summed E-state index contributed by atoms with van der Waals surface area (Å²) < 4.78 is 36.9. The first-order chi connectivity index (χ1) is 36.4. The molecule has 0 radical (unpaired) electrons. The second-order valence-electron chi connectivity index (χ2n) is 24.2. The summed E-state index contributed by atoms with van der Waals surface area (Å²) in [6, 6.07) is 0. The molecule has 0 spiro atoms. The highest BCUT2D eigenvalue weighted by atomic mass is 16.7. The van der Waals surface area contributed by atoms with Gasteiger partial charge in [0.15, 0.2) is 12.6 Å². The Morgan fingerprint density at radius 3 is 1.00 bits per heavy atom. The van der Waals surface area contributed by atoms with E-state index in [9.17, 15) is 14.7 Å². The third-order valence-corrected chi connectivity index (χ3v) is 17.3. The summed E-state index contributed by atoms with van der Waals surface area (Å²) in [5, 5.41) is 9.42. The van der Waals surface area contributed by atoms with Crippen molar-refractivity contribution in [2.45, 2.75) is 284 Å². The first-order valence-corrected chi connectivity index (χ1v) is 32.5. The van der Waals surface area contributed by atoms with Crippen LogP contribution >= 0.6 is 0 Å². The summed E-state index contributed by atoms with van der Waals surface area (Å²) in [5.74, 6) is 5.60. The zero-order chi connectivity index (χ0) is 52.7. The molecule has 8 atom stereocenters. The highest BCUT2D eigenvalue weighted by molar-refractivity contribution is 5.69. The van der Waals surface area contributed by atoms with Gasteiger partial charge in [-0.2, -0.15) is 0 Å². The first kappa shape index (κ1) is 65.2. The number of rotatable bonds is 56. The molecule has 74 heavy (non-hydrogen) atoms. The van der Waals surface area contributed by atoms with Crippen LogP contribution in [0.5, 0.6) is 0 Å². The molecule has 0 aromatic carbocycles. The van der Waals surface area contributed by atoms with Crippen LogP contribution in [0, 0.1) is 47.3 Å². The van der Waals surface area contributed by atoms with Gasteiger partial charge in [-0.3, -0.25) is 9.59 Å². The van der Waals surface area contributed by atoms with Crippen LogP contribution in [-0.2, 0) is 38.0 Å². The van der Waals surface area contributed by atoms with Gasteiger partial charge in [0.2, 0.25) is 0 Å². The van der Waals surface area contributed by atoms with Gasteiger partial charge in [0.05, 0.1) is 52.5 Å². The number of nitrogens with zero attached hydrogens (tertiary/aromatic N) is 1. The molecule has 0 aromatic rings. The second-order valence-corrected chi connectivity index (χ2v) is 24.2. The van der Waals surface area contributed by atoms with Crippen molar-refractivity contribution in [3.63, 3.8) is 0 Å². The SMILES string of the molecule is CCCCCCC1CC1COC(CCC(=O)OCCCCCCN(CCCCO)CCCCCCOC(=O)CCC(OCC1CC1CCCCCC)OCC1CC1CCCCCC)OCC1CC1CCCCCC. The quantitative estimate of drug-likeness (QED) is 0.0359. The van der Waals surface area contributed by atoms with Crippen LogP contribution in [0.4, 0.5) is 0 Å². The largest absolute Gasteiger partial charge is 0.466 e. The normalized spacial score (nSPS) is 23.5. The number of unbranched alkanes of at least 4 members (excludes halogenated alkanes) is 19. The minimum Gasteiger partial charge on any atom is -0.466 e. The number of hydrogen-bond acceptors (Lipinski definition) is 10. The molecular weight excluding hydrogens is 927 g/mol. The van der Waals surface area contributed by atoms with Gasteiger partial charge in [-0.15, -0.1) is 0 Å². The Bertz CT molecular complexity index is 1200. The van der Waals surface area contributed by atoms with Crippen molar-refractivity contribution < 1.29 is 43.1 Å². The fourth-order valence-corrected chi connectivity index (χ4v) is 11.5. The van der Waals surface area contributed by atoms with E-state index >= 15 is 0 Å². The van der Waals surface area contributed by atoms with Crippen molar-refractivity contribution >= 4 is 11.9 Å². The van der Waals surface area contributed by atoms with Crippen molar-refractivity contribution in [3.8, 4) is 0 Å². The maximum atomic E-state index is 12.8. The molecule has 4 rings (SSSR count). The molecule has 0 heterocycles. The molecule has 4 aliphatic rings. The van der Waals surface area contributed by atoms with Crippen molar-refractivity contribution in [2.75, 3.05) is 65.9 Å². The lowest BCUT2D eigenvalue weighted by Gasteiger charge is -2.22. The van der Waals surface area contributed by atoms with E-state index in [0.717, 1.165) is 134 Å². The molecule has 4 fully saturated rings. The number of carbonyl (C=O) groups is 2. The average molecular weight is 1050 g/mol. The van der Waals surface area contributed by atoms with Gasteiger partial charge in [-0.25, -0.2) is 0 Å². The standard InChI is InChI=1S/C64H119NO9/c1-5-9-13-21-31-53-45-57(53)49-71-63(72-50-58-46-54(58)32-22-14-10-6-2)37-35-61(67)69-43-29-19-17-25-39-65(41-27-28-42-66)40-26-18-20-30-44-70-62(68)36-38-64(73-51-59-47-55(59)33-23-15-11-7-3)74-52-60-48-56(60)34-24-16-12-8-4/h53-60,63-64,66H,5-52H2,1-4H3. The Balaban J connectivity index is 1.02. The summed E-state index contributed by atoms with van der Waals surface area (Å²) in [4.78, 5) is 28.2. The van der Waals surface area contributed by atoms with E-state index < -0.39 is 0 Å². The van der Waals surface area contributed by atoms with Gasteiger partial charge < -0.3 is 38.4 Å². The summed E-state index contributed by atoms with van der Waals surface area (Å²) in [6.07, 6.45) is 43.1. The number of aliphatic hydroxyl groups excluding tert-OH is 1. The lowest BCUT2D eigenvalue weighted by Crippen LogP contribution is -2.27. The summed E-state index contributed by atoms with van der Waals surface area (Å²) in [6.45, 7) is 16.5. The summed E-state index contributed by atoms with van der Waals surface area (Å²) in [5.41, 5.74) is 0. The van der Waals surface area contributed by atoms with Gasteiger partial charge in [-0.05, 0) is 131 Å². The number of ether oxygens (including phenoxy) is 6. The van der Waals surface area contributed by atoms with Crippen molar-refractivity contribution in [3.05, 3.63) is 0 Å². The Hall–Kier alpha value is -1.30. The van der Waals surface area contributed by atoms with Crippen LogP contribution < -0.4 is 0 Å². The van der Waals surface area contributed by atoms with E-state index in [-0.39, 0.29) is 31.1 Å². The molecule has 4 saturated carbocycles. The van der Waals surface area contributed by atoms with Crippen LogP contribution in [0.2, 0.25) is 0 Å². The van der Waals surface area contributed by atoms with Crippen LogP contribution in [0.25, 0.3) is 0 Å². The monoisotopic (exact) mass is 1050 g/mol. The molecule has 10 heteroatoms. The number of carbonyl (C=O) groups excluding carboxylic acids is 2. The van der Waals surface area contributed by atoms with Crippen LogP contribution in [0.15, 0.2) is 0 Å². The Morgan fingerprint density at radius 2 is 0.689 bits per heavy atom. The molecule has 8 unspecified atom stereocenters. The van der Waals surface area contributed by atoms with Crippen LogP contribution in [0.1, 0.15) is 272 Å². The van der Waals surface area contributed by atoms with E-state index in [1.54, 1.807) is 0 Å². The van der Waals surface area contributed by atoms with Gasteiger partial charge in [0.1, 0.15) is 0 Å². The lowest BCUT2D eigenvalue weighted by atomic mass is 10.1. The predicted octanol–water partition coefficient (Wildman–Crippen LogP) is 16.0. The van der Waals surface area contributed by atoms with E-state index in [1.807, 2.05) is 0 Å².